The van der Waals surface area contributed by atoms with Gasteiger partial charge >= 0.3 is 0 Å². The number of carbonyl (C=O) groups is 1. The molecule has 1 aromatic heterocycles. The third kappa shape index (κ3) is 3.63. The molecule has 0 bridgehead atoms. The van der Waals surface area contributed by atoms with Gasteiger partial charge in [0.1, 0.15) is 6.04 Å². The Kier molecular flexibility index (Phi) is 4.61. The van der Waals surface area contributed by atoms with Gasteiger partial charge in [0.15, 0.2) is 5.82 Å². The second-order valence-electron chi connectivity index (χ2n) is 6.80. The van der Waals surface area contributed by atoms with Gasteiger partial charge in [0.2, 0.25) is 11.8 Å². The molecular weight excluding hydrogens is 340 g/mol. The van der Waals surface area contributed by atoms with Crippen LogP contribution in [0.25, 0.3) is 0 Å². The Labute approximate surface area is 151 Å². The standard InChI is InChI=1S/C18H21ClN4O2/c19-13-6-7-14-12(8-13)9-15(21-14)18(24)20-10-16-22-17(23-25-16)11-4-2-1-3-5-11/h6-8,11,15,21H,1-5,9-10H2,(H,20,24)/t15-/m0/s1. The second kappa shape index (κ2) is 7.04. The van der Waals surface area contributed by atoms with E-state index in [-0.39, 0.29) is 18.5 Å². The van der Waals surface area contributed by atoms with Crippen LogP contribution in [0.3, 0.4) is 0 Å². The van der Waals surface area contributed by atoms with Crippen LogP contribution in [0.15, 0.2) is 22.7 Å². The molecule has 25 heavy (non-hydrogen) atoms. The summed E-state index contributed by atoms with van der Waals surface area (Å²) in [6.07, 6.45) is 6.61. The number of hydrogen-bond donors (Lipinski definition) is 2. The summed E-state index contributed by atoms with van der Waals surface area (Å²) in [5, 5.41) is 10.9. The van der Waals surface area contributed by atoms with Crippen LogP contribution in [0.5, 0.6) is 0 Å². The lowest BCUT2D eigenvalue weighted by atomic mass is 9.89. The average molecular weight is 361 g/mol. The van der Waals surface area contributed by atoms with Gasteiger partial charge in [-0.2, -0.15) is 4.98 Å². The molecule has 1 aliphatic carbocycles. The summed E-state index contributed by atoms with van der Waals surface area (Å²) < 4.78 is 5.29. The molecule has 2 heterocycles. The number of nitrogens with one attached hydrogen (secondary N) is 2. The third-order valence-electron chi connectivity index (χ3n) is 5.01. The van der Waals surface area contributed by atoms with Crippen molar-refractivity contribution in [1.29, 1.82) is 0 Å². The molecule has 4 rings (SSSR count). The zero-order valence-corrected chi connectivity index (χ0v) is 14.7. The maximum atomic E-state index is 12.4. The molecule has 1 fully saturated rings. The highest BCUT2D eigenvalue weighted by molar-refractivity contribution is 6.30. The van der Waals surface area contributed by atoms with E-state index in [1.165, 1.54) is 19.3 Å². The van der Waals surface area contributed by atoms with E-state index in [9.17, 15) is 4.79 Å². The lowest BCUT2D eigenvalue weighted by Crippen LogP contribution is -2.38. The first-order valence-corrected chi connectivity index (χ1v) is 9.22. The Bertz CT molecular complexity index is 770. The van der Waals surface area contributed by atoms with Crippen LogP contribution in [0.1, 0.15) is 55.3 Å². The summed E-state index contributed by atoms with van der Waals surface area (Å²) in [6.45, 7) is 0.258. The summed E-state index contributed by atoms with van der Waals surface area (Å²) in [5.41, 5.74) is 2.02. The number of halogens is 1. The van der Waals surface area contributed by atoms with Crippen molar-refractivity contribution >= 4 is 23.2 Å². The molecule has 0 unspecified atom stereocenters. The van der Waals surface area contributed by atoms with Gasteiger partial charge in [-0.25, -0.2) is 0 Å². The Morgan fingerprint density at radius 2 is 2.16 bits per heavy atom. The van der Waals surface area contributed by atoms with Gasteiger partial charge in [-0.15, -0.1) is 0 Å². The van der Waals surface area contributed by atoms with Gasteiger partial charge in [0, 0.05) is 23.0 Å². The number of amides is 1. The number of benzene rings is 1. The Morgan fingerprint density at radius 3 is 3.00 bits per heavy atom. The van der Waals surface area contributed by atoms with E-state index in [1.54, 1.807) is 0 Å². The van der Waals surface area contributed by atoms with E-state index in [0.29, 0.717) is 23.3 Å². The predicted octanol–water partition coefficient (Wildman–Crippen LogP) is 3.42. The highest BCUT2D eigenvalue weighted by atomic mass is 35.5. The first kappa shape index (κ1) is 16.4. The van der Waals surface area contributed by atoms with Crippen molar-refractivity contribution in [3.63, 3.8) is 0 Å². The molecule has 132 valence electrons. The number of anilines is 1. The van der Waals surface area contributed by atoms with E-state index in [2.05, 4.69) is 20.8 Å². The highest BCUT2D eigenvalue weighted by Gasteiger charge is 2.27. The molecule has 6 nitrogen and oxygen atoms in total. The van der Waals surface area contributed by atoms with Crippen LogP contribution in [0.2, 0.25) is 5.02 Å². The maximum absolute atomic E-state index is 12.4. The summed E-state index contributed by atoms with van der Waals surface area (Å²) >= 11 is 6.00. The highest BCUT2D eigenvalue weighted by Crippen LogP contribution is 2.31. The van der Waals surface area contributed by atoms with Crippen molar-refractivity contribution in [2.75, 3.05) is 5.32 Å². The number of carbonyl (C=O) groups excluding carboxylic acids is 1. The van der Waals surface area contributed by atoms with Crippen molar-refractivity contribution < 1.29 is 9.32 Å². The minimum atomic E-state index is -0.297. The predicted molar refractivity (Wildman–Crippen MR) is 94.5 cm³/mol. The first-order valence-electron chi connectivity index (χ1n) is 8.84. The van der Waals surface area contributed by atoms with E-state index in [1.807, 2.05) is 18.2 Å². The van der Waals surface area contributed by atoms with Crippen LogP contribution in [-0.4, -0.2) is 22.1 Å². The summed E-state index contributed by atoms with van der Waals surface area (Å²) in [4.78, 5) is 16.8. The molecule has 0 spiro atoms. The van der Waals surface area contributed by atoms with Gasteiger partial charge in [-0.3, -0.25) is 4.79 Å². The molecule has 1 aliphatic heterocycles. The SMILES string of the molecule is O=C(NCc1nc(C2CCCCC2)no1)[C@@H]1Cc2cc(Cl)ccc2N1. The molecule has 2 aromatic rings. The van der Waals surface area contributed by atoms with E-state index < -0.39 is 0 Å². The van der Waals surface area contributed by atoms with E-state index >= 15 is 0 Å². The van der Waals surface area contributed by atoms with Crippen molar-refractivity contribution in [2.24, 2.45) is 0 Å². The number of aromatic nitrogens is 2. The largest absolute Gasteiger partial charge is 0.373 e. The fraction of sp³-hybridized carbons (Fsp3) is 0.500. The van der Waals surface area contributed by atoms with Crippen LogP contribution in [-0.2, 0) is 17.8 Å². The molecule has 1 saturated carbocycles. The normalized spacial score (nSPS) is 20.1. The first-order chi connectivity index (χ1) is 12.2. The van der Waals surface area contributed by atoms with Gasteiger partial charge in [-0.05, 0) is 36.6 Å². The van der Waals surface area contributed by atoms with Crippen LogP contribution in [0, 0.1) is 0 Å². The Hall–Kier alpha value is -2.08. The number of nitrogens with zero attached hydrogens (tertiary/aromatic N) is 2. The minimum Gasteiger partial charge on any atom is -0.373 e. The van der Waals surface area contributed by atoms with Crippen molar-refractivity contribution in [3.05, 3.63) is 40.5 Å². The third-order valence-corrected chi connectivity index (χ3v) is 5.24. The fourth-order valence-corrected chi connectivity index (χ4v) is 3.84. The smallest absolute Gasteiger partial charge is 0.246 e. The molecule has 1 amide bonds. The topological polar surface area (TPSA) is 80.1 Å². The molecule has 2 aliphatic rings. The van der Waals surface area contributed by atoms with Gasteiger partial charge in [0.25, 0.3) is 0 Å². The zero-order valence-electron chi connectivity index (χ0n) is 13.9. The summed E-state index contributed by atoms with van der Waals surface area (Å²) in [5.74, 6) is 1.57. The Balaban J connectivity index is 1.31. The molecule has 0 radical (unpaired) electrons. The van der Waals surface area contributed by atoms with Gasteiger partial charge in [-0.1, -0.05) is 36.0 Å². The minimum absolute atomic E-state index is 0.0789. The molecule has 1 atom stereocenters. The number of rotatable bonds is 4. The van der Waals surface area contributed by atoms with Gasteiger partial charge in [0.05, 0.1) is 6.54 Å². The van der Waals surface area contributed by atoms with E-state index in [4.69, 9.17) is 16.1 Å². The zero-order chi connectivity index (χ0) is 17.2. The molecule has 1 aromatic carbocycles. The number of fused-ring (bicyclic) bond motifs is 1. The molecule has 2 N–H and O–H groups in total. The quantitative estimate of drug-likeness (QED) is 0.873. The summed E-state index contributed by atoms with van der Waals surface area (Å²) in [6, 6.07) is 5.32. The second-order valence-corrected chi connectivity index (χ2v) is 7.24. The molecule has 0 saturated heterocycles. The Morgan fingerprint density at radius 1 is 1.32 bits per heavy atom. The molecular formula is C18H21ClN4O2. The monoisotopic (exact) mass is 360 g/mol. The lowest BCUT2D eigenvalue weighted by Gasteiger charge is -2.17. The molecule has 7 heteroatoms. The lowest BCUT2D eigenvalue weighted by molar-refractivity contribution is -0.122. The van der Waals surface area contributed by atoms with Crippen molar-refractivity contribution in [2.45, 2.75) is 57.0 Å². The van der Waals surface area contributed by atoms with Gasteiger partial charge < -0.3 is 15.2 Å². The van der Waals surface area contributed by atoms with Crippen molar-refractivity contribution in [1.82, 2.24) is 15.5 Å². The number of hydrogen-bond acceptors (Lipinski definition) is 5. The summed E-state index contributed by atoms with van der Waals surface area (Å²) in [7, 11) is 0. The van der Waals surface area contributed by atoms with E-state index in [0.717, 1.165) is 29.9 Å². The fourth-order valence-electron chi connectivity index (χ4n) is 3.64. The van der Waals surface area contributed by atoms with Crippen LogP contribution >= 0.6 is 11.6 Å². The van der Waals surface area contributed by atoms with Crippen molar-refractivity contribution in [3.8, 4) is 0 Å². The van der Waals surface area contributed by atoms with Crippen LogP contribution in [0.4, 0.5) is 5.69 Å². The van der Waals surface area contributed by atoms with Crippen LogP contribution < -0.4 is 10.6 Å². The maximum Gasteiger partial charge on any atom is 0.246 e. The average Bonchev–Trinajstić information content (AvgIpc) is 3.27.